The molecule has 5 heteroatoms. The fraction of sp³-hybridized carbons (Fsp3) is 0.471. The Labute approximate surface area is 135 Å². The van der Waals surface area contributed by atoms with Gasteiger partial charge in [-0.1, -0.05) is 28.9 Å². The van der Waals surface area contributed by atoms with Crippen LogP contribution < -0.4 is 0 Å². The molecule has 1 fully saturated rings. The van der Waals surface area contributed by atoms with Crippen LogP contribution in [0.4, 0.5) is 0 Å². The average Bonchev–Trinajstić information content (AvgIpc) is 3.27. The predicted octanol–water partition coefficient (Wildman–Crippen LogP) is 3.73. The van der Waals surface area contributed by atoms with Crippen molar-refractivity contribution < 1.29 is 9.63 Å². The summed E-state index contributed by atoms with van der Waals surface area (Å²) in [4.78, 5) is 2.43. The molecule has 1 aromatic carbocycles. The molecule has 0 radical (unpaired) electrons. The molecule has 22 heavy (non-hydrogen) atoms. The van der Waals surface area contributed by atoms with Gasteiger partial charge in [-0.25, -0.2) is 0 Å². The van der Waals surface area contributed by atoms with Gasteiger partial charge in [0.15, 0.2) is 5.76 Å². The summed E-state index contributed by atoms with van der Waals surface area (Å²) in [7, 11) is 0. The molecule has 1 N–H and O–H groups in total. The Morgan fingerprint density at radius 1 is 1.23 bits per heavy atom. The molecule has 1 aliphatic rings. The second kappa shape index (κ2) is 7.27. The van der Waals surface area contributed by atoms with Gasteiger partial charge < -0.3 is 9.63 Å². The maximum absolute atomic E-state index is 8.92. The molecule has 0 aliphatic heterocycles. The van der Waals surface area contributed by atoms with Crippen molar-refractivity contribution >= 4 is 11.6 Å². The highest BCUT2D eigenvalue weighted by molar-refractivity contribution is 6.30. The smallest absolute Gasteiger partial charge is 0.151 e. The lowest BCUT2D eigenvalue weighted by Gasteiger charge is -2.19. The number of aromatic nitrogens is 1. The Morgan fingerprint density at radius 2 is 2.00 bits per heavy atom. The maximum Gasteiger partial charge on any atom is 0.151 e. The van der Waals surface area contributed by atoms with Crippen molar-refractivity contribution in [2.24, 2.45) is 0 Å². The van der Waals surface area contributed by atoms with Gasteiger partial charge in [-0.3, -0.25) is 4.90 Å². The first-order chi connectivity index (χ1) is 10.8. The fourth-order valence-electron chi connectivity index (χ4n) is 2.60. The van der Waals surface area contributed by atoms with E-state index in [1.807, 2.05) is 30.3 Å². The third kappa shape index (κ3) is 4.09. The predicted molar refractivity (Wildman–Crippen MR) is 86.7 cm³/mol. The van der Waals surface area contributed by atoms with Crippen LogP contribution in [0.3, 0.4) is 0 Å². The van der Waals surface area contributed by atoms with Crippen LogP contribution in [0.5, 0.6) is 0 Å². The highest BCUT2D eigenvalue weighted by Gasteiger charge is 2.29. The van der Waals surface area contributed by atoms with E-state index in [0.717, 1.165) is 48.0 Å². The minimum Gasteiger partial charge on any atom is -0.396 e. The number of halogens is 1. The van der Waals surface area contributed by atoms with E-state index in [4.69, 9.17) is 21.2 Å². The zero-order valence-electron chi connectivity index (χ0n) is 12.5. The Morgan fingerprint density at radius 3 is 2.68 bits per heavy atom. The van der Waals surface area contributed by atoms with E-state index in [0.29, 0.717) is 6.04 Å². The summed E-state index contributed by atoms with van der Waals surface area (Å²) in [5, 5.41) is 13.8. The Balaban J connectivity index is 1.63. The van der Waals surface area contributed by atoms with Crippen molar-refractivity contribution in [1.82, 2.24) is 10.1 Å². The van der Waals surface area contributed by atoms with Gasteiger partial charge in [0.05, 0.1) is 6.54 Å². The van der Waals surface area contributed by atoms with Gasteiger partial charge in [-0.05, 0) is 44.4 Å². The molecule has 1 saturated carbocycles. The number of unbranched alkanes of at least 4 members (excludes halogenated alkanes) is 1. The lowest BCUT2D eigenvalue weighted by Crippen LogP contribution is -2.26. The monoisotopic (exact) mass is 320 g/mol. The number of benzene rings is 1. The van der Waals surface area contributed by atoms with Crippen molar-refractivity contribution in [2.45, 2.75) is 38.3 Å². The molecular weight excluding hydrogens is 300 g/mol. The molecule has 118 valence electrons. The number of aliphatic hydroxyl groups is 1. The zero-order chi connectivity index (χ0) is 15.4. The van der Waals surface area contributed by atoms with Gasteiger partial charge in [0.25, 0.3) is 0 Å². The third-order valence-electron chi connectivity index (χ3n) is 3.97. The number of rotatable bonds is 8. The number of hydrogen-bond acceptors (Lipinski definition) is 4. The van der Waals surface area contributed by atoms with Crippen LogP contribution in [0.2, 0.25) is 5.02 Å². The first-order valence-electron chi connectivity index (χ1n) is 7.82. The minimum absolute atomic E-state index is 0.265. The molecule has 0 unspecified atom stereocenters. The van der Waals surface area contributed by atoms with E-state index in [9.17, 15) is 0 Å². The molecule has 4 nitrogen and oxygen atoms in total. The van der Waals surface area contributed by atoms with E-state index in [-0.39, 0.29) is 6.61 Å². The van der Waals surface area contributed by atoms with E-state index in [2.05, 4.69) is 10.1 Å². The number of hydrogen-bond donors (Lipinski definition) is 1. The lowest BCUT2D eigenvalue weighted by molar-refractivity contribution is 0.207. The average molecular weight is 321 g/mol. The number of nitrogens with zero attached hydrogens (tertiary/aromatic N) is 2. The summed E-state index contributed by atoms with van der Waals surface area (Å²) in [6.45, 7) is 2.06. The molecule has 2 aromatic rings. The van der Waals surface area contributed by atoms with E-state index < -0.39 is 0 Å². The van der Waals surface area contributed by atoms with Crippen molar-refractivity contribution in [3.8, 4) is 11.3 Å². The molecule has 1 aliphatic carbocycles. The standard InChI is InChI=1S/C17H21ClN2O2/c18-14-5-3-13(4-6-14)17-11-16(22-19-17)12-20(15-7-8-15)9-1-2-10-21/h3-6,11,15,21H,1-2,7-10,12H2. The van der Waals surface area contributed by atoms with Crippen molar-refractivity contribution in [1.29, 1.82) is 0 Å². The van der Waals surface area contributed by atoms with Crippen LogP contribution in [0.15, 0.2) is 34.9 Å². The second-order valence-corrected chi connectivity index (χ2v) is 6.25. The van der Waals surface area contributed by atoms with Crippen molar-refractivity contribution in [3.05, 3.63) is 41.1 Å². The van der Waals surface area contributed by atoms with Crippen molar-refractivity contribution in [3.63, 3.8) is 0 Å². The van der Waals surface area contributed by atoms with E-state index >= 15 is 0 Å². The van der Waals surface area contributed by atoms with E-state index in [1.165, 1.54) is 12.8 Å². The molecular formula is C17H21ClN2O2. The molecule has 0 bridgehead atoms. The van der Waals surface area contributed by atoms with Gasteiger partial charge in [0.1, 0.15) is 5.69 Å². The summed E-state index contributed by atoms with van der Waals surface area (Å²) in [6.07, 6.45) is 4.40. The summed E-state index contributed by atoms with van der Waals surface area (Å²) >= 11 is 5.91. The quantitative estimate of drug-likeness (QED) is 0.753. The van der Waals surface area contributed by atoms with Crippen LogP contribution in [0, 0.1) is 0 Å². The summed E-state index contributed by atoms with van der Waals surface area (Å²) < 4.78 is 5.49. The van der Waals surface area contributed by atoms with Crippen LogP contribution in [0.1, 0.15) is 31.4 Å². The fourth-order valence-corrected chi connectivity index (χ4v) is 2.73. The van der Waals surface area contributed by atoms with Crippen LogP contribution in [0.25, 0.3) is 11.3 Å². The maximum atomic E-state index is 8.92. The summed E-state index contributed by atoms with van der Waals surface area (Å²) in [6, 6.07) is 10.3. The first-order valence-corrected chi connectivity index (χ1v) is 8.20. The first kappa shape index (κ1) is 15.5. The zero-order valence-corrected chi connectivity index (χ0v) is 13.3. The largest absolute Gasteiger partial charge is 0.396 e. The molecule has 0 saturated heterocycles. The van der Waals surface area contributed by atoms with Gasteiger partial charge in [-0.15, -0.1) is 0 Å². The Bertz CT molecular complexity index is 593. The summed E-state index contributed by atoms with van der Waals surface area (Å²) in [5.74, 6) is 0.890. The topological polar surface area (TPSA) is 49.5 Å². The third-order valence-corrected chi connectivity index (χ3v) is 4.23. The molecule has 0 amide bonds. The van der Waals surface area contributed by atoms with Crippen LogP contribution in [-0.2, 0) is 6.54 Å². The van der Waals surface area contributed by atoms with Gasteiger partial charge in [0.2, 0.25) is 0 Å². The highest BCUT2D eigenvalue weighted by Crippen LogP contribution is 2.29. The van der Waals surface area contributed by atoms with Gasteiger partial charge in [0, 0.05) is 29.3 Å². The van der Waals surface area contributed by atoms with Crippen LogP contribution in [-0.4, -0.2) is 34.4 Å². The molecule has 1 aromatic heterocycles. The Hall–Kier alpha value is -1.36. The lowest BCUT2D eigenvalue weighted by atomic mass is 10.1. The normalized spacial score (nSPS) is 14.7. The highest BCUT2D eigenvalue weighted by atomic mass is 35.5. The van der Waals surface area contributed by atoms with E-state index in [1.54, 1.807) is 0 Å². The molecule has 0 spiro atoms. The summed E-state index contributed by atoms with van der Waals surface area (Å²) in [5.41, 5.74) is 1.86. The van der Waals surface area contributed by atoms with Crippen LogP contribution >= 0.6 is 11.6 Å². The minimum atomic E-state index is 0.265. The molecule has 1 heterocycles. The Kier molecular flexibility index (Phi) is 5.13. The second-order valence-electron chi connectivity index (χ2n) is 5.82. The SMILES string of the molecule is OCCCCN(Cc1cc(-c2ccc(Cl)cc2)no1)C1CC1. The van der Waals surface area contributed by atoms with Gasteiger partial charge in [-0.2, -0.15) is 0 Å². The number of aliphatic hydroxyl groups excluding tert-OH is 1. The van der Waals surface area contributed by atoms with Gasteiger partial charge >= 0.3 is 0 Å². The molecule has 3 rings (SSSR count). The molecule has 0 atom stereocenters. The van der Waals surface area contributed by atoms with Crippen molar-refractivity contribution in [2.75, 3.05) is 13.2 Å².